The number of nitrogens with one attached hydrogen (secondary N) is 1. The molecule has 0 amide bonds. The van der Waals surface area contributed by atoms with Gasteiger partial charge in [0, 0.05) is 32.0 Å². The van der Waals surface area contributed by atoms with E-state index in [2.05, 4.69) is 32.5 Å². The maximum absolute atomic E-state index is 12.4. The minimum Gasteiger partial charge on any atom is -0.381 e. The highest BCUT2D eigenvalue weighted by Crippen LogP contribution is 2.51. The summed E-state index contributed by atoms with van der Waals surface area (Å²) in [5.74, 6) is 1.27. The molecule has 1 aliphatic heterocycles. The van der Waals surface area contributed by atoms with Crippen LogP contribution in [0.4, 0.5) is 5.69 Å². The molecule has 1 aromatic carbocycles. The first-order valence-corrected chi connectivity index (χ1v) is 15.0. The number of fused-ring (bicyclic) bond motifs is 1. The summed E-state index contributed by atoms with van der Waals surface area (Å²) in [6.45, 7) is 10.2. The van der Waals surface area contributed by atoms with E-state index in [1.807, 2.05) is 30.8 Å². The molecule has 1 saturated heterocycles. The van der Waals surface area contributed by atoms with Crippen molar-refractivity contribution < 1.29 is 17.7 Å². The Balaban J connectivity index is 0.000000177. The fourth-order valence-electron chi connectivity index (χ4n) is 5.14. The van der Waals surface area contributed by atoms with E-state index in [1.165, 1.54) is 0 Å². The first-order chi connectivity index (χ1) is 18.8. The Morgan fingerprint density at radius 3 is 2.44 bits per heavy atom. The van der Waals surface area contributed by atoms with Crippen LogP contribution in [0.15, 0.2) is 52.1 Å². The van der Waals surface area contributed by atoms with Crippen molar-refractivity contribution in [2.75, 3.05) is 18.5 Å². The van der Waals surface area contributed by atoms with E-state index in [0.717, 1.165) is 67.7 Å². The van der Waals surface area contributed by atoms with Crippen LogP contribution in [0.25, 0.3) is 22.5 Å². The van der Waals surface area contributed by atoms with Crippen LogP contribution in [0.2, 0.25) is 0 Å². The number of hydrogen-bond acceptors (Lipinski definition) is 9. The zero-order valence-electron chi connectivity index (χ0n) is 22.9. The monoisotopic (exact) mass is 552 g/mol. The molecule has 0 bridgehead atoms. The molecule has 39 heavy (non-hydrogen) atoms. The number of anilines is 1. The Morgan fingerprint density at radius 2 is 1.85 bits per heavy atom. The molecule has 6 rings (SSSR count). The fraction of sp³-hybridized carbons (Fsp3) is 0.500. The first-order valence-electron chi connectivity index (χ1n) is 13.6. The van der Waals surface area contributed by atoms with E-state index in [0.29, 0.717) is 22.7 Å². The van der Waals surface area contributed by atoms with E-state index in [4.69, 9.17) is 9.26 Å². The second-order valence-corrected chi connectivity index (χ2v) is 12.7. The predicted octanol–water partition coefficient (Wildman–Crippen LogP) is 5.05. The van der Waals surface area contributed by atoms with Gasteiger partial charge in [0.15, 0.2) is 21.3 Å². The number of ether oxygens (including phenoxy) is 1. The van der Waals surface area contributed by atoms with Gasteiger partial charge in [-0.1, -0.05) is 37.2 Å². The third kappa shape index (κ3) is 5.29. The highest BCUT2D eigenvalue weighted by Gasteiger charge is 2.56. The molecule has 0 spiro atoms. The molecule has 4 heterocycles. The van der Waals surface area contributed by atoms with Crippen LogP contribution >= 0.6 is 0 Å². The topological polar surface area (TPSA) is 125 Å². The Labute approximate surface area is 229 Å². The van der Waals surface area contributed by atoms with Gasteiger partial charge in [-0.15, -0.1) is 0 Å². The van der Waals surface area contributed by atoms with Crippen LogP contribution in [0.1, 0.15) is 52.3 Å². The van der Waals surface area contributed by atoms with E-state index in [9.17, 15) is 8.42 Å². The van der Waals surface area contributed by atoms with Crippen LogP contribution in [0.5, 0.6) is 0 Å². The van der Waals surface area contributed by atoms with Crippen molar-refractivity contribution >= 4 is 26.6 Å². The summed E-state index contributed by atoms with van der Waals surface area (Å²) >= 11 is 0. The van der Waals surface area contributed by atoms with Crippen molar-refractivity contribution in [3.63, 3.8) is 0 Å². The Hall–Kier alpha value is -3.31. The number of pyridine rings is 1. The van der Waals surface area contributed by atoms with Crippen molar-refractivity contribution in [3.8, 4) is 11.5 Å². The van der Waals surface area contributed by atoms with Crippen LogP contribution < -0.4 is 5.32 Å². The van der Waals surface area contributed by atoms with Gasteiger partial charge in [-0.25, -0.2) is 18.1 Å². The lowest BCUT2D eigenvalue weighted by Crippen LogP contribution is -2.28. The third-order valence-electron chi connectivity index (χ3n) is 7.68. The van der Waals surface area contributed by atoms with Gasteiger partial charge >= 0.3 is 0 Å². The summed E-state index contributed by atoms with van der Waals surface area (Å²) in [5.41, 5.74) is 2.62. The summed E-state index contributed by atoms with van der Waals surface area (Å²) in [5, 5.41) is 12.9. The maximum atomic E-state index is 12.4. The zero-order valence-corrected chi connectivity index (χ0v) is 23.7. The summed E-state index contributed by atoms with van der Waals surface area (Å²) in [6.07, 6.45) is 7.18. The van der Waals surface area contributed by atoms with E-state index >= 15 is 0 Å². The van der Waals surface area contributed by atoms with E-state index in [-0.39, 0.29) is 5.92 Å². The third-order valence-corrected chi connectivity index (χ3v) is 10.5. The predicted molar refractivity (Wildman–Crippen MR) is 149 cm³/mol. The zero-order chi connectivity index (χ0) is 27.6. The standard InChI is InChI=1S/C16H20N6O2.C12H16O2S/c1-3-22-15-12(9-18-22)14(20-11-4-6-23-7-5-11)13(8-17-15)16-19-10(2)21-24-16;1-10(2)12(8-9-12)15(13,14)11-6-4-3-5-7-11/h8-9,11H,3-7H2,1-2H3,(H,17,20);3-7,10H,8-9H2,1-2H3. The number of benzene rings is 1. The quantitative estimate of drug-likeness (QED) is 0.335. The summed E-state index contributed by atoms with van der Waals surface area (Å²) in [6, 6.07) is 9.13. The van der Waals surface area contributed by atoms with Crippen molar-refractivity contribution in [1.82, 2.24) is 24.9 Å². The molecule has 0 radical (unpaired) electrons. The number of rotatable bonds is 7. The molecule has 2 aliphatic rings. The van der Waals surface area contributed by atoms with Crippen molar-refractivity contribution in [3.05, 3.63) is 48.5 Å². The normalized spacial score (nSPS) is 17.2. The molecule has 1 aliphatic carbocycles. The Bertz CT molecular complexity index is 1520. The Kier molecular flexibility index (Phi) is 7.73. The molecule has 4 aromatic rings. The van der Waals surface area contributed by atoms with Gasteiger partial charge in [0.1, 0.15) is 0 Å². The van der Waals surface area contributed by atoms with E-state index < -0.39 is 14.6 Å². The van der Waals surface area contributed by atoms with Gasteiger partial charge in [-0.2, -0.15) is 10.1 Å². The summed E-state index contributed by atoms with van der Waals surface area (Å²) < 4.78 is 36.9. The lowest BCUT2D eigenvalue weighted by atomic mass is 10.1. The lowest BCUT2D eigenvalue weighted by molar-refractivity contribution is 0.0905. The van der Waals surface area contributed by atoms with E-state index in [1.54, 1.807) is 37.4 Å². The average molecular weight is 553 g/mol. The van der Waals surface area contributed by atoms with Gasteiger partial charge < -0.3 is 14.6 Å². The van der Waals surface area contributed by atoms with Gasteiger partial charge in [-0.3, -0.25) is 0 Å². The largest absolute Gasteiger partial charge is 0.381 e. The fourth-order valence-corrected chi connectivity index (χ4v) is 7.39. The molecular formula is C28H36N6O4S. The lowest BCUT2D eigenvalue weighted by Gasteiger charge is -2.25. The second-order valence-electron chi connectivity index (χ2n) is 10.5. The van der Waals surface area contributed by atoms with Gasteiger partial charge in [0.25, 0.3) is 5.89 Å². The molecule has 208 valence electrons. The number of nitrogens with zero attached hydrogens (tertiary/aromatic N) is 5. The minimum atomic E-state index is -3.13. The van der Waals surface area contributed by atoms with Gasteiger partial charge in [0.05, 0.1) is 32.5 Å². The van der Waals surface area contributed by atoms with Crippen LogP contribution in [0.3, 0.4) is 0 Å². The maximum Gasteiger partial charge on any atom is 0.261 e. The Morgan fingerprint density at radius 1 is 1.13 bits per heavy atom. The first kappa shape index (κ1) is 27.3. The number of aromatic nitrogens is 5. The number of aryl methyl sites for hydroxylation is 2. The smallest absolute Gasteiger partial charge is 0.261 e. The molecule has 1 saturated carbocycles. The molecule has 11 heteroatoms. The molecule has 2 fully saturated rings. The molecule has 0 unspecified atom stereocenters. The summed E-state index contributed by atoms with van der Waals surface area (Å²) in [7, 11) is -3.13. The van der Waals surface area contributed by atoms with Crippen LogP contribution in [-0.4, -0.2) is 57.3 Å². The van der Waals surface area contributed by atoms with Crippen molar-refractivity contribution in [2.45, 2.75) is 75.6 Å². The van der Waals surface area contributed by atoms with Crippen LogP contribution in [0, 0.1) is 12.8 Å². The number of sulfone groups is 1. The molecule has 1 N–H and O–H groups in total. The second kappa shape index (κ2) is 11.1. The molecule has 3 aromatic heterocycles. The van der Waals surface area contributed by atoms with Gasteiger partial charge in [-0.05, 0) is 57.6 Å². The van der Waals surface area contributed by atoms with Crippen LogP contribution in [-0.2, 0) is 21.1 Å². The van der Waals surface area contributed by atoms with Gasteiger partial charge in [0.2, 0.25) is 0 Å². The number of hydrogen-bond donors (Lipinski definition) is 1. The minimum absolute atomic E-state index is 0.197. The molecule has 0 atom stereocenters. The highest BCUT2D eigenvalue weighted by molar-refractivity contribution is 7.93. The molecule has 10 nitrogen and oxygen atoms in total. The highest BCUT2D eigenvalue weighted by atomic mass is 32.2. The summed E-state index contributed by atoms with van der Waals surface area (Å²) in [4.78, 5) is 9.39. The average Bonchev–Trinajstić information content (AvgIpc) is 3.52. The van der Waals surface area contributed by atoms with Crippen molar-refractivity contribution in [2.24, 2.45) is 5.92 Å². The SMILES string of the molecule is CC(C)C1(S(=O)(=O)c2ccccc2)CC1.CCn1ncc2c(NC3CCOCC3)c(-c3nc(C)no3)cnc21. The van der Waals surface area contributed by atoms with Crippen molar-refractivity contribution in [1.29, 1.82) is 0 Å². The molecular weight excluding hydrogens is 516 g/mol.